The highest BCUT2D eigenvalue weighted by Crippen LogP contribution is 2.26. The zero-order valence-electron chi connectivity index (χ0n) is 11.4. The lowest BCUT2D eigenvalue weighted by molar-refractivity contribution is -0.120. The van der Waals surface area contributed by atoms with Crippen LogP contribution in [0.15, 0.2) is 18.2 Å². The molecule has 0 fully saturated rings. The van der Waals surface area contributed by atoms with Gasteiger partial charge in [-0.1, -0.05) is 0 Å². The zero-order valence-corrected chi connectivity index (χ0v) is 11.4. The van der Waals surface area contributed by atoms with Gasteiger partial charge in [-0.3, -0.25) is 4.79 Å². The van der Waals surface area contributed by atoms with Crippen LogP contribution in [-0.2, 0) is 4.79 Å². The molecule has 0 saturated carbocycles. The molecule has 0 heterocycles. The van der Waals surface area contributed by atoms with Gasteiger partial charge in [0.2, 0.25) is 5.91 Å². The van der Waals surface area contributed by atoms with E-state index in [1.54, 1.807) is 13.2 Å². The maximum atomic E-state index is 11.7. The van der Waals surface area contributed by atoms with Crippen molar-refractivity contribution in [2.24, 2.45) is 0 Å². The summed E-state index contributed by atoms with van der Waals surface area (Å²) >= 11 is 0. The average molecular weight is 251 g/mol. The van der Waals surface area contributed by atoms with Crippen molar-refractivity contribution in [2.45, 2.75) is 19.9 Å². The van der Waals surface area contributed by atoms with E-state index in [0.717, 1.165) is 5.69 Å². The number of methoxy groups -OCH3 is 1. The molecule has 0 radical (unpaired) electrons. The van der Waals surface area contributed by atoms with Gasteiger partial charge in [0.15, 0.2) is 0 Å². The number of rotatable bonds is 5. The van der Waals surface area contributed by atoms with E-state index in [1.807, 2.05) is 37.9 Å². The van der Waals surface area contributed by atoms with Crippen molar-refractivity contribution < 1.29 is 9.53 Å². The number of carbonyl (C=O) groups is 1. The first kappa shape index (κ1) is 14.2. The fraction of sp³-hybridized carbons (Fsp3) is 0.462. The van der Waals surface area contributed by atoms with E-state index in [-0.39, 0.29) is 18.5 Å². The molecular weight excluding hydrogens is 230 g/mol. The molecule has 5 nitrogen and oxygen atoms in total. The number of benzene rings is 1. The fourth-order valence-corrected chi connectivity index (χ4v) is 1.68. The number of carbonyl (C=O) groups excluding carboxylic acids is 1. The Morgan fingerprint density at radius 3 is 2.67 bits per heavy atom. The Hall–Kier alpha value is -1.91. The summed E-state index contributed by atoms with van der Waals surface area (Å²) in [6, 6.07) is 5.55. The predicted molar refractivity (Wildman–Crippen MR) is 74.0 cm³/mol. The van der Waals surface area contributed by atoms with Crippen LogP contribution in [0.2, 0.25) is 0 Å². The molecule has 0 aliphatic carbocycles. The largest absolute Gasteiger partial charge is 0.497 e. The Bertz CT molecular complexity index is 419. The van der Waals surface area contributed by atoms with Gasteiger partial charge in [0.05, 0.1) is 25.0 Å². The van der Waals surface area contributed by atoms with Gasteiger partial charge in [-0.2, -0.15) is 0 Å². The van der Waals surface area contributed by atoms with Gasteiger partial charge in [-0.25, -0.2) is 0 Å². The van der Waals surface area contributed by atoms with E-state index in [2.05, 4.69) is 5.32 Å². The third kappa shape index (κ3) is 3.84. The molecule has 0 aliphatic rings. The summed E-state index contributed by atoms with van der Waals surface area (Å²) < 4.78 is 5.09. The molecule has 1 rings (SSSR count). The van der Waals surface area contributed by atoms with Gasteiger partial charge in [-0.15, -0.1) is 0 Å². The van der Waals surface area contributed by atoms with Gasteiger partial charge >= 0.3 is 0 Å². The summed E-state index contributed by atoms with van der Waals surface area (Å²) in [7, 11) is 3.42. The molecule has 1 aromatic carbocycles. The maximum Gasteiger partial charge on any atom is 0.239 e. The Morgan fingerprint density at radius 1 is 1.50 bits per heavy atom. The van der Waals surface area contributed by atoms with Crippen molar-refractivity contribution in [2.75, 3.05) is 31.3 Å². The summed E-state index contributed by atoms with van der Waals surface area (Å²) in [4.78, 5) is 13.5. The van der Waals surface area contributed by atoms with E-state index >= 15 is 0 Å². The summed E-state index contributed by atoms with van der Waals surface area (Å²) in [5, 5.41) is 2.84. The quantitative estimate of drug-likeness (QED) is 0.773. The highest BCUT2D eigenvalue weighted by atomic mass is 16.5. The number of anilines is 2. The molecule has 3 N–H and O–H groups in total. The molecule has 5 heteroatoms. The predicted octanol–water partition coefficient (Wildman–Crippen LogP) is 1.24. The van der Waals surface area contributed by atoms with Gasteiger partial charge < -0.3 is 20.7 Å². The highest BCUT2D eigenvalue weighted by molar-refractivity contribution is 5.83. The van der Waals surface area contributed by atoms with E-state index in [4.69, 9.17) is 10.5 Å². The topological polar surface area (TPSA) is 67.6 Å². The number of nitrogens with two attached hydrogens (primary N) is 1. The number of hydrogen-bond acceptors (Lipinski definition) is 4. The number of ether oxygens (including phenoxy) is 1. The minimum absolute atomic E-state index is 0.0253. The van der Waals surface area contributed by atoms with Crippen LogP contribution in [0.1, 0.15) is 13.8 Å². The molecule has 0 atom stereocenters. The van der Waals surface area contributed by atoms with E-state index in [9.17, 15) is 4.79 Å². The van der Waals surface area contributed by atoms with Crippen molar-refractivity contribution in [1.82, 2.24) is 5.32 Å². The Kier molecular flexibility index (Phi) is 4.83. The minimum Gasteiger partial charge on any atom is -0.497 e. The summed E-state index contributed by atoms with van der Waals surface area (Å²) in [6.07, 6.45) is 0. The normalized spacial score (nSPS) is 10.3. The first-order valence-electron chi connectivity index (χ1n) is 5.88. The lowest BCUT2D eigenvalue weighted by atomic mass is 10.2. The molecule has 0 saturated heterocycles. The number of hydrogen-bond donors (Lipinski definition) is 2. The molecule has 100 valence electrons. The van der Waals surface area contributed by atoms with Crippen molar-refractivity contribution in [3.8, 4) is 5.75 Å². The smallest absolute Gasteiger partial charge is 0.239 e. The standard InChI is InChI=1S/C13H21N3O2/c1-9(2)15-13(17)8-16(3)12-6-5-10(18-4)7-11(12)14/h5-7,9H,8,14H2,1-4H3,(H,15,17). The van der Waals surface area contributed by atoms with Crippen LogP contribution in [0.3, 0.4) is 0 Å². The second-order valence-electron chi connectivity index (χ2n) is 4.50. The monoisotopic (exact) mass is 251 g/mol. The summed E-state index contributed by atoms with van der Waals surface area (Å²) in [6.45, 7) is 4.13. The van der Waals surface area contributed by atoms with Crippen molar-refractivity contribution in [3.05, 3.63) is 18.2 Å². The van der Waals surface area contributed by atoms with Crippen molar-refractivity contribution >= 4 is 17.3 Å². The molecule has 0 unspecified atom stereocenters. The van der Waals surface area contributed by atoms with Crippen LogP contribution in [0.5, 0.6) is 5.75 Å². The number of nitrogens with zero attached hydrogens (tertiary/aromatic N) is 1. The molecule has 0 spiro atoms. The Labute approximate surface area is 108 Å². The van der Waals surface area contributed by atoms with Gasteiger partial charge in [0.1, 0.15) is 5.75 Å². The second kappa shape index (κ2) is 6.14. The Morgan fingerprint density at radius 2 is 2.17 bits per heavy atom. The number of nitrogen functional groups attached to an aromatic ring is 1. The SMILES string of the molecule is COc1ccc(N(C)CC(=O)NC(C)C)c(N)c1. The van der Waals surface area contributed by atoms with Crippen LogP contribution in [0.4, 0.5) is 11.4 Å². The van der Waals surface area contributed by atoms with Crippen molar-refractivity contribution in [1.29, 1.82) is 0 Å². The summed E-state index contributed by atoms with van der Waals surface area (Å²) in [5.74, 6) is 0.680. The Balaban J connectivity index is 2.72. The second-order valence-corrected chi connectivity index (χ2v) is 4.50. The maximum absolute atomic E-state index is 11.7. The van der Waals surface area contributed by atoms with Crippen LogP contribution in [0, 0.1) is 0 Å². The van der Waals surface area contributed by atoms with E-state index in [0.29, 0.717) is 11.4 Å². The average Bonchev–Trinajstić information content (AvgIpc) is 2.27. The first-order chi connectivity index (χ1) is 8.43. The number of nitrogens with one attached hydrogen (secondary N) is 1. The lowest BCUT2D eigenvalue weighted by Gasteiger charge is -2.21. The fourth-order valence-electron chi connectivity index (χ4n) is 1.68. The lowest BCUT2D eigenvalue weighted by Crippen LogP contribution is -2.38. The molecule has 0 bridgehead atoms. The first-order valence-corrected chi connectivity index (χ1v) is 5.88. The van der Waals surface area contributed by atoms with Crippen LogP contribution in [-0.4, -0.2) is 32.7 Å². The third-order valence-electron chi connectivity index (χ3n) is 2.48. The highest BCUT2D eigenvalue weighted by Gasteiger charge is 2.11. The molecular formula is C13H21N3O2. The van der Waals surface area contributed by atoms with Gasteiger partial charge in [-0.05, 0) is 26.0 Å². The van der Waals surface area contributed by atoms with Crippen LogP contribution < -0.4 is 20.7 Å². The molecule has 0 aliphatic heterocycles. The number of likely N-dealkylation sites (N-methyl/N-ethyl adjacent to an activating group) is 1. The molecule has 18 heavy (non-hydrogen) atoms. The zero-order chi connectivity index (χ0) is 13.7. The van der Waals surface area contributed by atoms with Gasteiger partial charge in [0, 0.05) is 19.2 Å². The minimum atomic E-state index is -0.0253. The van der Waals surface area contributed by atoms with E-state index < -0.39 is 0 Å². The number of amides is 1. The third-order valence-corrected chi connectivity index (χ3v) is 2.48. The molecule has 1 aromatic rings. The van der Waals surface area contributed by atoms with Crippen LogP contribution >= 0.6 is 0 Å². The molecule has 1 amide bonds. The van der Waals surface area contributed by atoms with Crippen molar-refractivity contribution in [3.63, 3.8) is 0 Å². The van der Waals surface area contributed by atoms with Gasteiger partial charge in [0.25, 0.3) is 0 Å². The molecule has 0 aromatic heterocycles. The van der Waals surface area contributed by atoms with E-state index in [1.165, 1.54) is 0 Å². The summed E-state index contributed by atoms with van der Waals surface area (Å²) in [5.41, 5.74) is 7.33. The van der Waals surface area contributed by atoms with Crippen LogP contribution in [0.25, 0.3) is 0 Å².